The first-order valence-electron chi connectivity index (χ1n) is 4.34. The molecule has 2 aromatic rings. The van der Waals surface area contributed by atoms with Gasteiger partial charge in [-0.05, 0) is 25.1 Å². The van der Waals surface area contributed by atoms with Gasteiger partial charge in [0.05, 0.1) is 23.2 Å². The topological polar surface area (TPSA) is 55.0 Å². The lowest BCUT2D eigenvalue weighted by molar-refractivity contribution is 0.0526. The summed E-state index contributed by atoms with van der Waals surface area (Å²) in [5.74, 6) is -0.316. The van der Waals surface area contributed by atoms with Crippen molar-refractivity contribution in [2.45, 2.75) is 6.92 Å². The van der Waals surface area contributed by atoms with Gasteiger partial charge in [-0.3, -0.25) is 0 Å². The van der Waals surface area contributed by atoms with Crippen LogP contribution in [0.2, 0.25) is 0 Å². The van der Waals surface area contributed by atoms with Crippen LogP contribution in [0.15, 0.2) is 18.2 Å². The standard InChI is InChI=1S/C10H9N2O2/c1-2-14-10(13)7-3-4-8-9(5-7)12-6-11-8/h3-5H,2H2,1H3,(H,11,12). The van der Waals surface area contributed by atoms with Crippen LogP contribution in [0.25, 0.3) is 11.0 Å². The van der Waals surface area contributed by atoms with E-state index in [0.29, 0.717) is 12.2 Å². The number of nitrogens with one attached hydrogen (secondary N) is 1. The normalized spacial score (nSPS) is 10.4. The number of aromatic amines is 1. The van der Waals surface area contributed by atoms with Crippen molar-refractivity contribution in [2.24, 2.45) is 0 Å². The number of carbonyl (C=O) groups excluding carboxylic acids is 1. The molecule has 1 aromatic carbocycles. The minimum atomic E-state index is -0.316. The van der Waals surface area contributed by atoms with Crippen LogP contribution in [-0.4, -0.2) is 22.5 Å². The fourth-order valence-corrected chi connectivity index (χ4v) is 1.22. The average molecular weight is 189 g/mol. The van der Waals surface area contributed by atoms with E-state index >= 15 is 0 Å². The zero-order chi connectivity index (χ0) is 9.97. The van der Waals surface area contributed by atoms with E-state index in [-0.39, 0.29) is 5.97 Å². The van der Waals surface area contributed by atoms with Gasteiger partial charge < -0.3 is 9.72 Å². The first kappa shape index (κ1) is 8.74. The molecule has 1 N–H and O–H groups in total. The predicted octanol–water partition coefficient (Wildman–Crippen LogP) is 1.54. The lowest BCUT2D eigenvalue weighted by atomic mass is 10.2. The zero-order valence-corrected chi connectivity index (χ0v) is 7.70. The molecular formula is C10H9N2O2. The van der Waals surface area contributed by atoms with Gasteiger partial charge >= 0.3 is 5.97 Å². The summed E-state index contributed by atoms with van der Waals surface area (Å²) in [5.41, 5.74) is 2.10. The number of rotatable bonds is 2. The third-order valence-electron chi connectivity index (χ3n) is 1.87. The molecule has 0 fully saturated rings. The summed E-state index contributed by atoms with van der Waals surface area (Å²) in [7, 11) is 0. The molecule has 0 aliphatic rings. The van der Waals surface area contributed by atoms with E-state index in [9.17, 15) is 4.79 Å². The average Bonchev–Trinajstić information content (AvgIpc) is 2.64. The van der Waals surface area contributed by atoms with Gasteiger partial charge in [-0.25, -0.2) is 9.78 Å². The zero-order valence-electron chi connectivity index (χ0n) is 7.70. The van der Waals surface area contributed by atoms with Gasteiger partial charge in [0.2, 0.25) is 0 Å². The van der Waals surface area contributed by atoms with Crippen molar-refractivity contribution in [3.05, 3.63) is 30.1 Å². The molecule has 0 saturated carbocycles. The molecule has 0 aliphatic heterocycles. The number of imidazole rings is 1. The van der Waals surface area contributed by atoms with Crippen LogP contribution in [0.4, 0.5) is 0 Å². The minimum absolute atomic E-state index is 0.316. The van der Waals surface area contributed by atoms with E-state index in [1.54, 1.807) is 25.1 Å². The molecule has 4 nitrogen and oxygen atoms in total. The summed E-state index contributed by atoms with van der Waals surface area (Å²) in [4.78, 5) is 18.1. The van der Waals surface area contributed by atoms with Crippen molar-refractivity contribution in [3.63, 3.8) is 0 Å². The largest absolute Gasteiger partial charge is 0.462 e. The number of hydrogen-bond acceptors (Lipinski definition) is 3. The molecule has 1 heterocycles. The highest BCUT2D eigenvalue weighted by Crippen LogP contribution is 2.11. The van der Waals surface area contributed by atoms with Crippen molar-refractivity contribution in [1.29, 1.82) is 0 Å². The molecule has 2 rings (SSSR count). The quantitative estimate of drug-likeness (QED) is 0.729. The van der Waals surface area contributed by atoms with Crippen LogP contribution in [0.1, 0.15) is 17.3 Å². The molecule has 0 aliphatic carbocycles. The number of esters is 1. The van der Waals surface area contributed by atoms with Crippen molar-refractivity contribution in [2.75, 3.05) is 6.61 Å². The molecule has 1 radical (unpaired) electrons. The Morgan fingerprint density at radius 2 is 2.50 bits per heavy atom. The molecular weight excluding hydrogens is 180 g/mol. The highest BCUT2D eigenvalue weighted by atomic mass is 16.5. The Kier molecular flexibility index (Phi) is 2.18. The van der Waals surface area contributed by atoms with Gasteiger partial charge in [0, 0.05) is 0 Å². The molecule has 14 heavy (non-hydrogen) atoms. The van der Waals surface area contributed by atoms with E-state index in [2.05, 4.69) is 16.3 Å². The van der Waals surface area contributed by atoms with Crippen molar-refractivity contribution >= 4 is 17.0 Å². The molecule has 0 bridgehead atoms. The van der Waals surface area contributed by atoms with Crippen LogP contribution in [0.5, 0.6) is 0 Å². The van der Waals surface area contributed by atoms with E-state index in [0.717, 1.165) is 11.0 Å². The molecule has 1 aromatic heterocycles. The molecule has 0 saturated heterocycles. The fraction of sp³-hybridized carbons (Fsp3) is 0.200. The van der Waals surface area contributed by atoms with Crippen molar-refractivity contribution in [3.8, 4) is 0 Å². The van der Waals surface area contributed by atoms with E-state index in [1.165, 1.54) is 0 Å². The molecule has 0 atom stereocenters. The van der Waals surface area contributed by atoms with Gasteiger partial charge in [0.1, 0.15) is 0 Å². The summed E-state index contributed by atoms with van der Waals surface area (Å²) in [5, 5.41) is 0. The maximum absolute atomic E-state index is 11.3. The SMILES string of the molecule is CCOC(=O)c1ccc2n[c][nH]c2c1. The second kappa shape index (κ2) is 3.49. The summed E-state index contributed by atoms with van der Waals surface area (Å²) >= 11 is 0. The van der Waals surface area contributed by atoms with Gasteiger partial charge in [-0.15, -0.1) is 0 Å². The first-order valence-corrected chi connectivity index (χ1v) is 4.34. The smallest absolute Gasteiger partial charge is 0.338 e. The Bertz CT molecular complexity index is 462. The van der Waals surface area contributed by atoms with Crippen molar-refractivity contribution < 1.29 is 9.53 Å². The van der Waals surface area contributed by atoms with Gasteiger partial charge in [0.15, 0.2) is 6.33 Å². The Morgan fingerprint density at radius 3 is 3.29 bits per heavy atom. The van der Waals surface area contributed by atoms with Crippen LogP contribution >= 0.6 is 0 Å². The Hall–Kier alpha value is -1.84. The van der Waals surface area contributed by atoms with Crippen LogP contribution in [-0.2, 0) is 4.74 Å². The molecule has 71 valence electrons. The third-order valence-corrected chi connectivity index (χ3v) is 1.87. The molecule has 4 heteroatoms. The second-order valence-corrected chi connectivity index (χ2v) is 2.80. The highest BCUT2D eigenvalue weighted by molar-refractivity contribution is 5.93. The summed E-state index contributed by atoms with van der Waals surface area (Å²) in [6.45, 7) is 2.16. The molecule has 0 spiro atoms. The number of hydrogen-bond donors (Lipinski definition) is 1. The lowest BCUT2D eigenvalue weighted by Crippen LogP contribution is -2.04. The maximum Gasteiger partial charge on any atom is 0.338 e. The number of fused-ring (bicyclic) bond motifs is 1. The van der Waals surface area contributed by atoms with Crippen LogP contribution in [0, 0.1) is 6.33 Å². The van der Waals surface area contributed by atoms with Crippen molar-refractivity contribution in [1.82, 2.24) is 9.97 Å². The minimum Gasteiger partial charge on any atom is -0.462 e. The summed E-state index contributed by atoms with van der Waals surface area (Å²) in [6, 6.07) is 5.15. The van der Waals surface area contributed by atoms with Crippen LogP contribution in [0.3, 0.4) is 0 Å². The Labute approximate surface area is 80.9 Å². The van der Waals surface area contributed by atoms with Gasteiger partial charge in [-0.1, -0.05) is 0 Å². The van der Waals surface area contributed by atoms with E-state index in [4.69, 9.17) is 4.74 Å². The monoisotopic (exact) mass is 189 g/mol. The van der Waals surface area contributed by atoms with Gasteiger partial charge in [0.25, 0.3) is 0 Å². The highest BCUT2D eigenvalue weighted by Gasteiger charge is 2.07. The Balaban J connectivity index is 2.38. The van der Waals surface area contributed by atoms with E-state index in [1.807, 2.05) is 0 Å². The molecule has 0 unspecified atom stereocenters. The lowest BCUT2D eigenvalue weighted by Gasteiger charge is -2.00. The number of H-pyrrole nitrogens is 1. The first-order chi connectivity index (χ1) is 6.81. The maximum atomic E-state index is 11.3. The van der Waals surface area contributed by atoms with Crippen LogP contribution < -0.4 is 0 Å². The predicted molar refractivity (Wildman–Crippen MR) is 50.9 cm³/mol. The summed E-state index contributed by atoms with van der Waals surface area (Å²) < 4.78 is 4.87. The number of carbonyl (C=O) groups is 1. The number of nitrogens with zero attached hydrogens (tertiary/aromatic N) is 1. The second-order valence-electron chi connectivity index (χ2n) is 2.80. The number of ether oxygens (including phenoxy) is 1. The fourth-order valence-electron chi connectivity index (χ4n) is 1.22. The number of aromatic nitrogens is 2. The van der Waals surface area contributed by atoms with E-state index < -0.39 is 0 Å². The summed E-state index contributed by atoms with van der Waals surface area (Å²) in [6.07, 6.45) is 2.61. The third kappa shape index (κ3) is 1.46. The number of benzene rings is 1. The Morgan fingerprint density at radius 1 is 1.64 bits per heavy atom. The van der Waals surface area contributed by atoms with Gasteiger partial charge in [-0.2, -0.15) is 0 Å². The molecule has 0 amide bonds.